The monoisotopic (exact) mass is 541 g/mol. The molecule has 1 amide bonds. The highest BCUT2D eigenvalue weighted by molar-refractivity contribution is 5.99. The average Bonchev–Trinajstić information content (AvgIpc) is 3.53. The molecule has 204 valence electrons. The van der Waals surface area contributed by atoms with Crippen molar-refractivity contribution >= 4 is 22.8 Å². The van der Waals surface area contributed by atoms with Gasteiger partial charge in [-0.1, -0.05) is 18.2 Å². The van der Waals surface area contributed by atoms with E-state index >= 15 is 4.39 Å². The summed E-state index contributed by atoms with van der Waals surface area (Å²) in [4.78, 5) is 23.5. The second-order valence-electron chi connectivity index (χ2n) is 10.5. The van der Waals surface area contributed by atoms with Crippen molar-refractivity contribution in [2.45, 2.75) is 44.8 Å². The number of fused-ring (bicyclic) bond motifs is 1. The molecule has 0 bridgehead atoms. The van der Waals surface area contributed by atoms with Gasteiger partial charge in [0.05, 0.1) is 18.0 Å². The van der Waals surface area contributed by atoms with Crippen molar-refractivity contribution in [1.82, 2.24) is 24.6 Å². The largest absolute Gasteiger partial charge is 0.457 e. The van der Waals surface area contributed by atoms with Crippen molar-refractivity contribution in [3.8, 4) is 28.8 Å². The molecule has 3 heterocycles. The smallest absolute Gasteiger partial charge is 0.264 e. The molecular weight excluding hydrogens is 511 g/mol. The van der Waals surface area contributed by atoms with Crippen LogP contribution in [0.2, 0.25) is 0 Å². The number of likely N-dealkylation sites (tertiary alicyclic amines) is 1. The Hall–Kier alpha value is -4.82. The highest BCUT2D eigenvalue weighted by Crippen LogP contribution is 2.35. The number of anilines is 1. The van der Waals surface area contributed by atoms with Crippen LogP contribution in [0.15, 0.2) is 66.5 Å². The van der Waals surface area contributed by atoms with Gasteiger partial charge in [0.1, 0.15) is 52.3 Å². The Bertz CT molecular complexity index is 1640. The van der Waals surface area contributed by atoms with Gasteiger partial charge in [0.15, 0.2) is 5.65 Å². The quantitative estimate of drug-likeness (QED) is 0.269. The lowest BCUT2D eigenvalue weighted by Gasteiger charge is -2.25. The Morgan fingerprint density at radius 3 is 2.73 bits per heavy atom. The number of aromatic nitrogens is 4. The van der Waals surface area contributed by atoms with Crippen LogP contribution < -0.4 is 16.2 Å². The number of nitrogens with zero attached hydrogens (tertiary/aromatic N) is 6. The first-order valence-electron chi connectivity index (χ1n) is 12.9. The van der Waals surface area contributed by atoms with Crippen LogP contribution in [0.3, 0.4) is 0 Å². The minimum Gasteiger partial charge on any atom is -0.457 e. The van der Waals surface area contributed by atoms with Gasteiger partial charge in [-0.05, 0) is 57.0 Å². The Labute approximate surface area is 230 Å². The molecule has 4 aromatic rings. The zero-order valence-corrected chi connectivity index (χ0v) is 22.3. The normalized spacial score (nSPS) is 15.8. The van der Waals surface area contributed by atoms with E-state index in [4.69, 9.17) is 15.6 Å². The van der Waals surface area contributed by atoms with Gasteiger partial charge in [0, 0.05) is 18.2 Å². The molecule has 5 rings (SSSR count). The van der Waals surface area contributed by atoms with Gasteiger partial charge in [0.25, 0.3) is 5.91 Å². The number of carbonyl (C=O) groups excluding carboxylic acids is 1. The Morgan fingerprint density at radius 2 is 2.02 bits per heavy atom. The molecule has 0 saturated carbocycles. The van der Waals surface area contributed by atoms with E-state index in [0.717, 1.165) is 12.8 Å². The van der Waals surface area contributed by atoms with Crippen molar-refractivity contribution < 1.29 is 19.7 Å². The number of quaternary nitrogens is 1. The van der Waals surface area contributed by atoms with E-state index in [9.17, 15) is 10.1 Å². The third-order valence-electron chi connectivity index (χ3n) is 6.64. The van der Waals surface area contributed by atoms with Gasteiger partial charge in [-0.2, -0.15) is 10.4 Å². The zero-order chi connectivity index (χ0) is 28.4. The van der Waals surface area contributed by atoms with Crippen LogP contribution in [0.5, 0.6) is 11.5 Å². The number of para-hydroxylation sites is 1. The Balaban J connectivity index is 1.48. The standard InChI is InChI=1S/C29H29FN8O2/c1-29(2,33)14-18(15-31)28(39)37-12-6-7-19(37)16-38-27-24(26(32)34-17-35-27)25(36-38)22-11-10-21(13-23(22)30)40-20-8-4-3-5-9-20/h3-5,8-11,13-14,17,19H,6-7,12,16,33H2,1-2H3,(H2,32,34,35)/p+1. The van der Waals surface area contributed by atoms with Crippen molar-refractivity contribution in [3.63, 3.8) is 0 Å². The topological polar surface area (TPSA) is 151 Å². The maximum Gasteiger partial charge on any atom is 0.264 e. The molecule has 1 saturated heterocycles. The number of nitrogen functional groups attached to an aromatic ring is 1. The molecule has 0 radical (unpaired) electrons. The van der Waals surface area contributed by atoms with Crippen LogP contribution in [0.4, 0.5) is 10.2 Å². The second kappa shape index (κ2) is 10.7. The summed E-state index contributed by atoms with van der Waals surface area (Å²) >= 11 is 0. The first kappa shape index (κ1) is 26.8. The van der Waals surface area contributed by atoms with Gasteiger partial charge in [0.2, 0.25) is 0 Å². The number of amides is 1. The number of carbonyl (C=O) groups is 1. The molecule has 2 aromatic carbocycles. The van der Waals surface area contributed by atoms with E-state index in [2.05, 4.69) is 15.7 Å². The Morgan fingerprint density at radius 1 is 1.25 bits per heavy atom. The number of hydrogen-bond donors (Lipinski definition) is 2. The lowest BCUT2D eigenvalue weighted by Crippen LogP contribution is -2.68. The number of nitriles is 1. The molecule has 2 aromatic heterocycles. The molecule has 10 nitrogen and oxygen atoms in total. The Kier molecular flexibility index (Phi) is 7.19. The molecule has 1 aliphatic heterocycles. The van der Waals surface area contributed by atoms with Crippen LogP contribution in [0.1, 0.15) is 26.7 Å². The van der Waals surface area contributed by atoms with Gasteiger partial charge in [-0.3, -0.25) is 4.79 Å². The summed E-state index contributed by atoms with van der Waals surface area (Å²) in [5.74, 6) is 0.216. The molecule has 5 N–H and O–H groups in total. The fourth-order valence-corrected chi connectivity index (χ4v) is 4.90. The third-order valence-corrected chi connectivity index (χ3v) is 6.64. The van der Waals surface area contributed by atoms with Crippen LogP contribution in [0.25, 0.3) is 22.3 Å². The van der Waals surface area contributed by atoms with Crippen LogP contribution in [-0.4, -0.2) is 48.7 Å². The number of ether oxygens (including phenoxy) is 1. The first-order chi connectivity index (χ1) is 19.1. The van der Waals surface area contributed by atoms with Crippen molar-refractivity contribution in [2.24, 2.45) is 0 Å². The lowest BCUT2D eigenvalue weighted by molar-refractivity contribution is -0.446. The van der Waals surface area contributed by atoms with Gasteiger partial charge >= 0.3 is 0 Å². The molecule has 0 aliphatic carbocycles. The first-order valence-corrected chi connectivity index (χ1v) is 12.9. The van der Waals surface area contributed by atoms with Gasteiger partial charge in [-0.25, -0.2) is 19.0 Å². The van der Waals surface area contributed by atoms with Crippen molar-refractivity contribution in [2.75, 3.05) is 12.3 Å². The summed E-state index contributed by atoms with van der Waals surface area (Å²) < 4.78 is 22.8. The number of rotatable bonds is 7. The number of hydrogen-bond acceptors (Lipinski definition) is 7. The van der Waals surface area contributed by atoms with E-state index in [1.54, 1.807) is 39.9 Å². The van der Waals surface area contributed by atoms with Crippen LogP contribution in [0, 0.1) is 17.1 Å². The predicted molar refractivity (Wildman–Crippen MR) is 147 cm³/mol. The summed E-state index contributed by atoms with van der Waals surface area (Å²) in [6.45, 7) is 4.48. The van der Waals surface area contributed by atoms with Crippen molar-refractivity contribution in [3.05, 3.63) is 72.3 Å². The van der Waals surface area contributed by atoms with Crippen molar-refractivity contribution in [1.29, 1.82) is 5.26 Å². The number of benzene rings is 2. The number of nitrogens with two attached hydrogens (primary N) is 1. The van der Waals surface area contributed by atoms with E-state index in [1.807, 2.05) is 38.1 Å². The average molecular weight is 542 g/mol. The minimum atomic E-state index is -0.566. The molecule has 0 spiro atoms. The molecule has 11 heteroatoms. The molecule has 1 unspecified atom stereocenters. The highest BCUT2D eigenvalue weighted by Gasteiger charge is 2.33. The summed E-state index contributed by atoms with van der Waals surface area (Å²) in [5.41, 5.74) is 10.6. The second-order valence-corrected chi connectivity index (χ2v) is 10.5. The van der Waals surface area contributed by atoms with E-state index in [1.165, 1.54) is 12.4 Å². The maximum absolute atomic E-state index is 15.4. The molecule has 1 aliphatic rings. The summed E-state index contributed by atoms with van der Waals surface area (Å²) in [7, 11) is 0. The van der Waals surface area contributed by atoms with E-state index < -0.39 is 11.4 Å². The highest BCUT2D eigenvalue weighted by atomic mass is 19.1. The fraction of sp³-hybridized carbons (Fsp3) is 0.276. The summed E-state index contributed by atoms with van der Waals surface area (Å²) in [5, 5.41) is 14.8. The fourth-order valence-electron chi connectivity index (χ4n) is 4.90. The minimum absolute atomic E-state index is 0.0596. The predicted octanol–water partition coefficient (Wildman–Crippen LogP) is 3.47. The van der Waals surface area contributed by atoms with Gasteiger partial charge in [-0.15, -0.1) is 0 Å². The maximum atomic E-state index is 15.4. The molecule has 1 fully saturated rings. The summed E-state index contributed by atoms with van der Waals surface area (Å²) in [6.07, 6.45) is 4.42. The molecule has 1 atom stereocenters. The number of halogens is 1. The zero-order valence-electron chi connectivity index (χ0n) is 22.3. The van der Waals surface area contributed by atoms with Crippen LogP contribution in [-0.2, 0) is 11.3 Å². The van der Waals surface area contributed by atoms with E-state index in [0.29, 0.717) is 41.3 Å². The SMILES string of the molecule is CC(C)([NH3+])C=C(C#N)C(=O)N1CCCC1Cn1nc(-c2ccc(Oc3ccccc3)cc2F)c2c(N)ncnc21. The van der Waals surface area contributed by atoms with Crippen LogP contribution >= 0.6 is 0 Å². The van der Waals surface area contributed by atoms with Gasteiger partial charge < -0.3 is 21.1 Å². The van der Waals surface area contributed by atoms with E-state index in [-0.39, 0.29) is 28.9 Å². The lowest BCUT2D eigenvalue weighted by atomic mass is 10.0. The third kappa shape index (κ3) is 5.48. The molecular formula is C29H30FN8O2+. The summed E-state index contributed by atoms with van der Waals surface area (Å²) in [6, 6.07) is 15.4. The molecule has 40 heavy (non-hydrogen) atoms.